The van der Waals surface area contributed by atoms with Crippen LogP contribution < -0.4 is 10.6 Å². The van der Waals surface area contributed by atoms with Gasteiger partial charge in [0.15, 0.2) is 0 Å². The highest BCUT2D eigenvalue weighted by molar-refractivity contribution is 5.87. The van der Waals surface area contributed by atoms with Crippen LogP contribution >= 0.6 is 0 Å². The number of rotatable bonds is 4. The van der Waals surface area contributed by atoms with E-state index in [2.05, 4.69) is 22.8 Å². The third-order valence-corrected chi connectivity index (χ3v) is 3.67. The van der Waals surface area contributed by atoms with Gasteiger partial charge in [0.1, 0.15) is 0 Å². The van der Waals surface area contributed by atoms with E-state index in [9.17, 15) is 9.59 Å². The summed E-state index contributed by atoms with van der Waals surface area (Å²) in [5, 5.41) is 14.6. The molecule has 112 valence electrons. The van der Waals surface area contributed by atoms with Gasteiger partial charge in [-0.05, 0) is 43.9 Å². The minimum Gasteiger partial charge on any atom is -0.478 e. The lowest BCUT2D eigenvalue weighted by Gasteiger charge is -2.31. The molecule has 1 aromatic rings. The van der Waals surface area contributed by atoms with Crippen LogP contribution in [0.2, 0.25) is 0 Å². The number of hydrogen-bond donors (Lipinski definition) is 3. The first-order valence-electron chi connectivity index (χ1n) is 7.02. The predicted molar refractivity (Wildman–Crippen MR) is 80.2 cm³/mol. The summed E-state index contributed by atoms with van der Waals surface area (Å²) in [6, 6.07) is 6.27. The summed E-state index contributed by atoms with van der Waals surface area (Å²) >= 11 is 0. The van der Waals surface area contributed by atoms with Gasteiger partial charge < -0.3 is 15.7 Å². The standard InChI is InChI=1S/C16H20N2O3/c1-16(9-3-2-4-10-16)18-15(21)17-11-12-5-7-13(8-6-12)14(19)20/h2-3,5-8H,4,9-11H2,1H3,(H,19,20)(H2,17,18,21). The van der Waals surface area contributed by atoms with E-state index in [1.54, 1.807) is 12.1 Å². The molecule has 2 rings (SSSR count). The van der Waals surface area contributed by atoms with Crippen molar-refractivity contribution in [3.05, 3.63) is 47.5 Å². The lowest BCUT2D eigenvalue weighted by Crippen LogP contribution is -2.50. The Kier molecular flexibility index (Phi) is 4.62. The second kappa shape index (κ2) is 6.43. The first-order valence-corrected chi connectivity index (χ1v) is 7.02. The van der Waals surface area contributed by atoms with E-state index in [0.29, 0.717) is 6.54 Å². The van der Waals surface area contributed by atoms with Crippen molar-refractivity contribution in [1.29, 1.82) is 0 Å². The van der Waals surface area contributed by atoms with E-state index in [0.717, 1.165) is 24.8 Å². The highest BCUT2D eigenvalue weighted by Gasteiger charge is 2.25. The summed E-state index contributed by atoms with van der Waals surface area (Å²) in [7, 11) is 0. The molecule has 0 aliphatic heterocycles. The van der Waals surface area contributed by atoms with E-state index in [1.807, 2.05) is 6.92 Å². The van der Waals surface area contributed by atoms with Crippen LogP contribution in [-0.4, -0.2) is 22.6 Å². The van der Waals surface area contributed by atoms with Gasteiger partial charge in [-0.2, -0.15) is 0 Å². The average Bonchev–Trinajstić information content (AvgIpc) is 2.46. The molecule has 0 fully saturated rings. The van der Waals surface area contributed by atoms with Crippen molar-refractivity contribution in [1.82, 2.24) is 10.6 Å². The lowest BCUT2D eigenvalue weighted by atomic mass is 9.88. The van der Waals surface area contributed by atoms with Gasteiger partial charge in [0.05, 0.1) is 5.56 Å². The topological polar surface area (TPSA) is 78.4 Å². The second-order valence-corrected chi connectivity index (χ2v) is 5.58. The Morgan fingerprint density at radius 2 is 1.95 bits per heavy atom. The molecular formula is C16H20N2O3. The Morgan fingerprint density at radius 3 is 2.52 bits per heavy atom. The molecule has 5 nitrogen and oxygen atoms in total. The van der Waals surface area contributed by atoms with Crippen LogP contribution in [-0.2, 0) is 6.54 Å². The summed E-state index contributed by atoms with van der Waals surface area (Å²) < 4.78 is 0. The average molecular weight is 288 g/mol. The third kappa shape index (κ3) is 4.34. The molecule has 0 radical (unpaired) electrons. The number of carbonyl (C=O) groups is 2. The zero-order chi connectivity index (χ0) is 15.3. The number of carboxylic acid groups (broad SMARTS) is 1. The van der Waals surface area contributed by atoms with Crippen molar-refractivity contribution in [2.45, 2.75) is 38.3 Å². The molecule has 1 aromatic carbocycles. The van der Waals surface area contributed by atoms with Crippen LogP contribution in [0.15, 0.2) is 36.4 Å². The van der Waals surface area contributed by atoms with Gasteiger partial charge in [-0.1, -0.05) is 24.3 Å². The quantitative estimate of drug-likeness (QED) is 0.745. The molecule has 1 aliphatic rings. The van der Waals surface area contributed by atoms with Gasteiger partial charge in [-0.3, -0.25) is 0 Å². The Bertz CT molecular complexity index is 551. The molecule has 1 atom stereocenters. The molecule has 0 aromatic heterocycles. The van der Waals surface area contributed by atoms with Crippen molar-refractivity contribution in [3.8, 4) is 0 Å². The van der Waals surface area contributed by atoms with Gasteiger partial charge in [0.25, 0.3) is 0 Å². The summed E-state index contributed by atoms with van der Waals surface area (Å²) in [5.41, 5.74) is 0.917. The highest BCUT2D eigenvalue weighted by Crippen LogP contribution is 2.22. The fourth-order valence-electron chi connectivity index (χ4n) is 2.34. The van der Waals surface area contributed by atoms with Crippen molar-refractivity contribution in [2.24, 2.45) is 0 Å². The van der Waals surface area contributed by atoms with E-state index in [1.165, 1.54) is 12.1 Å². The van der Waals surface area contributed by atoms with Gasteiger partial charge in [0.2, 0.25) is 0 Å². The predicted octanol–water partition coefficient (Wildman–Crippen LogP) is 2.68. The van der Waals surface area contributed by atoms with Crippen LogP contribution in [0.1, 0.15) is 42.1 Å². The van der Waals surface area contributed by atoms with Crippen molar-refractivity contribution in [3.63, 3.8) is 0 Å². The number of allylic oxidation sites excluding steroid dienone is 1. The monoisotopic (exact) mass is 288 g/mol. The first-order chi connectivity index (χ1) is 9.98. The second-order valence-electron chi connectivity index (χ2n) is 5.58. The number of urea groups is 1. The summed E-state index contributed by atoms with van der Waals surface area (Å²) in [6.45, 7) is 2.41. The molecule has 1 unspecified atom stereocenters. The Morgan fingerprint density at radius 1 is 1.24 bits per heavy atom. The van der Waals surface area contributed by atoms with Gasteiger partial charge in [0, 0.05) is 12.1 Å². The number of amides is 2. The minimum atomic E-state index is -0.953. The van der Waals surface area contributed by atoms with Crippen molar-refractivity contribution < 1.29 is 14.7 Å². The number of carboxylic acids is 1. The van der Waals surface area contributed by atoms with Crippen LogP contribution in [0, 0.1) is 0 Å². The molecule has 0 heterocycles. The summed E-state index contributed by atoms with van der Waals surface area (Å²) in [4.78, 5) is 22.7. The number of aromatic carboxylic acids is 1. The van der Waals surface area contributed by atoms with E-state index < -0.39 is 5.97 Å². The maximum absolute atomic E-state index is 11.9. The molecular weight excluding hydrogens is 268 g/mol. The van der Waals surface area contributed by atoms with Crippen LogP contribution in [0.3, 0.4) is 0 Å². The maximum atomic E-state index is 11.9. The van der Waals surface area contributed by atoms with Crippen LogP contribution in [0.25, 0.3) is 0 Å². The van der Waals surface area contributed by atoms with E-state index in [4.69, 9.17) is 5.11 Å². The smallest absolute Gasteiger partial charge is 0.335 e. The molecule has 0 saturated carbocycles. The minimum absolute atomic E-state index is 0.188. The normalized spacial score (nSPS) is 20.8. The maximum Gasteiger partial charge on any atom is 0.335 e. The largest absolute Gasteiger partial charge is 0.478 e. The molecule has 0 saturated heterocycles. The third-order valence-electron chi connectivity index (χ3n) is 3.67. The molecule has 0 bridgehead atoms. The summed E-state index contributed by atoms with van der Waals surface area (Å²) in [5.74, 6) is -0.953. The van der Waals surface area contributed by atoms with E-state index in [-0.39, 0.29) is 17.1 Å². The van der Waals surface area contributed by atoms with Crippen LogP contribution in [0.4, 0.5) is 4.79 Å². The lowest BCUT2D eigenvalue weighted by molar-refractivity contribution is 0.0697. The zero-order valence-electron chi connectivity index (χ0n) is 12.1. The van der Waals surface area contributed by atoms with Gasteiger partial charge in [-0.15, -0.1) is 0 Å². The zero-order valence-corrected chi connectivity index (χ0v) is 12.1. The number of benzene rings is 1. The Hall–Kier alpha value is -2.30. The fourth-order valence-corrected chi connectivity index (χ4v) is 2.34. The summed E-state index contributed by atoms with van der Waals surface area (Å²) in [6.07, 6.45) is 6.98. The molecule has 0 spiro atoms. The first kappa shape index (κ1) is 15.1. The Labute approximate surface area is 124 Å². The molecule has 2 amide bonds. The molecule has 3 N–H and O–H groups in total. The molecule has 5 heteroatoms. The number of carbonyl (C=O) groups excluding carboxylic acids is 1. The van der Waals surface area contributed by atoms with Crippen molar-refractivity contribution in [2.75, 3.05) is 0 Å². The van der Waals surface area contributed by atoms with E-state index >= 15 is 0 Å². The molecule has 21 heavy (non-hydrogen) atoms. The SMILES string of the molecule is CC1(NC(=O)NCc2ccc(C(=O)O)cc2)CC=CCC1. The van der Waals surface area contributed by atoms with Gasteiger partial charge >= 0.3 is 12.0 Å². The molecule has 1 aliphatic carbocycles. The fraction of sp³-hybridized carbons (Fsp3) is 0.375. The highest BCUT2D eigenvalue weighted by atomic mass is 16.4. The van der Waals surface area contributed by atoms with Crippen LogP contribution in [0.5, 0.6) is 0 Å². The van der Waals surface area contributed by atoms with Crippen molar-refractivity contribution >= 4 is 12.0 Å². The van der Waals surface area contributed by atoms with Gasteiger partial charge in [-0.25, -0.2) is 9.59 Å². The number of hydrogen-bond acceptors (Lipinski definition) is 2. The Balaban J connectivity index is 1.83. The number of nitrogens with one attached hydrogen (secondary N) is 2.